The maximum atomic E-state index is 12.3. The molecule has 1 amide bonds. The van der Waals surface area contributed by atoms with Gasteiger partial charge < -0.3 is 15.2 Å². The second-order valence-electron chi connectivity index (χ2n) is 7.47. The maximum Gasteiger partial charge on any atom is 0.267 e. The summed E-state index contributed by atoms with van der Waals surface area (Å²) in [5.74, 6) is 0.656. The topological polar surface area (TPSA) is 63.7 Å². The number of piperazine rings is 1. The average molecular weight is 450 g/mol. The third-order valence-corrected chi connectivity index (χ3v) is 6.13. The fourth-order valence-electron chi connectivity index (χ4n) is 3.64. The Morgan fingerprint density at radius 2 is 2.00 bits per heavy atom. The number of aromatic amines is 1. The molecule has 1 fully saturated rings. The first-order valence-corrected chi connectivity index (χ1v) is 11.1. The fourth-order valence-corrected chi connectivity index (χ4v) is 4.05. The third-order valence-electron chi connectivity index (χ3n) is 5.32. The molecule has 0 unspecified atom stereocenters. The Balaban J connectivity index is 1.34. The minimum Gasteiger partial charge on any atom is -0.368 e. The van der Waals surface area contributed by atoms with Crippen LogP contribution >= 0.6 is 23.2 Å². The highest BCUT2D eigenvalue weighted by molar-refractivity contribution is 6.43. The lowest BCUT2D eigenvalue weighted by Crippen LogP contribution is -2.46. The molecule has 3 rings (SSSR count). The van der Waals surface area contributed by atoms with Gasteiger partial charge in [-0.05, 0) is 57.0 Å². The van der Waals surface area contributed by atoms with Gasteiger partial charge in [0, 0.05) is 38.9 Å². The molecular weight excluding hydrogens is 421 g/mol. The summed E-state index contributed by atoms with van der Waals surface area (Å²) in [6.45, 7) is 9.36. The molecule has 2 N–H and O–H groups in total. The van der Waals surface area contributed by atoms with Crippen molar-refractivity contribution in [1.82, 2.24) is 15.2 Å². The zero-order chi connectivity index (χ0) is 21.5. The molecule has 1 aromatic heterocycles. The summed E-state index contributed by atoms with van der Waals surface area (Å²) in [5, 5.41) is 4.22. The molecule has 6 nitrogen and oxygen atoms in total. The van der Waals surface area contributed by atoms with Crippen LogP contribution in [0.3, 0.4) is 0 Å². The first-order valence-electron chi connectivity index (χ1n) is 10.4. The van der Waals surface area contributed by atoms with E-state index in [2.05, 4.69) is 25.1 Å². The van der Waals surface area contributed by atoms with Crippen LogP contribution in [0.4, 0.5) is 11.5 Å². The zero-order valence-electron chi connectivity index (χ0n) is 17.5. The number of nitrogens with zero attached hydrogens (tertiary/aromatic N) is 3. The number of unbranched alkanes of at least 4 members (excludes halogenated alkanes) is 1. The number of hydrogen-bond donors (Lipinski definition) is 2. The van der Waals surface area contributed by atoms with Gasteiger partial charge in [-0.25, -0.2) is 4.99 Å². The number of rotatable bonds is 8. The van der Waals surface area contributed by atoms with E-state index >= 15 is 0 Å². The second kappa shape index (κ2) is 10.8. The Bertz CT molecular complexity index is 888. The zero-order valence-corrected chi connectivity index (χ0v) is 19.1. The highest BCUT2D eigenvalue weighted by atomic mass is 35.5. The number of aliphatic imine (C=N–C) groups is 1. The van der Waals surface area contributed by atoms with Crippen molar-refractivity contribution < 1.29 is 4.79 Å². The summed E-state index contributed by atoms with van der Waals surface area (Å²) in [6.07, 6.45) is 3.71. The highest BCUT2D eigenvalue weighted by Crippen LogP contribution is 2.32. The van der Waals surface area contributed by atoms with Crippen LogP contribution in [-0.4, -0.2) is 61.3 Å². The van der Waals surface area contributed by atoms with Crippen molar-refractivity contribution >= 4 is 46.8 Å². The molecule has 1 saturated heterocycles. The molecule has 8 heteroatoms. The molecule has 0 saturated carbocycles. The van der Waals surface area contributed by atoms with E-state index in [1.165, 1.54) is 0 Å². The number of nitrogens with one attached hydrogen (secondary N) is 2. The van der Waals surface area contributed by atoms with Crippen molar-refractivity contribution in [3.05, 3.63) is 45.6 Å². The summed E-state index contributed by atoms with van der Waals surface area (Å²) >= 11 is 12.5. The number of anilines is 1. The van der Waals surface area contributed by atoms with Gasteiger partial charge in [0.15, 0.2) is 0 Å². The van der Waals surface area contributed by atoms with Gasteiger partial charge in [-0.2, -0.15) is 0 Å². The van der Waals surface area contributed by atoms with Gasteiger partial charge >= 0.3 is 0 Å². The molecule has 2 heterocycles. The van der Waals surface area contributed by atoms with Gasteiger partial charge in [-0.15, -0.1) is 0 Å². The van der Waals surface area contributed by atoms with Crippen molar-refractivity contribution in [1.29, 1.82) is 0 Å². The van der Waals surface area contributed by atoms with Crippen LogP contribution in [0.15, 0.2) is 29.3 Å². The van der Waals surface area contributed by atoms with Crippen molar-refractivity contribution in [2.75, 3.05) is 44.2 Å². The first-order chi connectivity index (χ1) is 14.5. The Morgan fingerprint density at radius 1 is 1.23 bits per heavy atom. The number of carbonyl (C=O) groups excluding carboxylic acids is 1. The van der Waals surface area contributed by atoms with Crippen LogP contribution in [0.5, 0.6) is 0 Å². The van der Waals surface area contributed by atoms with Crippen LogP contribution in [0.25, 0.3) is 0 Å². The Labute approximate surface area is 188 Å². The lowest BCUT2D eigenvalue weighted by Gasteiger charge is -2.36. The molecule has 1 aliphatic rings. The van der Waals surface area contributed by atoms with Crippen LogP contribution in [0, 0.1) is 6.92 Å². The van der Waals surface area contributed by atoms with Crippen molar-refractivity contribution in [2.45, 2.75) is 26.7 Å². The van der Waals surface area contributed by atoms with E-state index in [4.69, 9.17) is 23.2 Å². The summed E-state index contributed by atoms with van der Waals surface area (Å²) in [5.41, 5.74) is 2.54. The molecule has 0 atom stereocenters. The summed E-state index contributed by atoms with van der Waals surface area (Å²) in [4.78, 5) is 24.3. The average Bonchev–Trinajstić information content (AvgIpc) is 3.11. The van der Waals surface area contributed by atoms with Gasteiger partial charge in [0.05, 0.1) is 15.7 Å². The Kier molecular flexibility index (Phi) is 8.19. The molecule has 1 aliphatic heterocycles. The van der Waals surface area contributed by atoms with Gasteiger partial charge in [-0.1, -0.05) is 29.3 Å². The minimum atomic E-state index is -0.0809. The molecule has 1 aromatic carbocycles. The molecule has 0 spiro atoms. The van der Waals surface area contributed by atoms with Crippen LogP contribution in [0.2, 0.25) is 10.0 Å². The lowest BCUT2D eigenvalue weighted by atomic mass is 10.2. The van der Waals surface area contributed by atoms with Gasteiger partial charge in [0.2, 0.25) is 0 Å². The molecule has 0 radical (unpaired) electrons. The van der Waals surface area contributed by atoms with E-state index in [0.29, 0.717) is 22.3 Å². The highest BCUT2D eigenvalue weighted by Gasteiger charge is 2.19. The fraction of sp³-hybridized carbons (Fsp3) is 0.455. The SMILES string of the molecule is C/C=N\c1[nH]c(C(=O)NCCCCN2CCN(c3cccc(Cl)c3Cl)CC2)cc1C. The largest absolute Gasteiger partial charge is 0.368 e. The molecule has 30 heavy (non-hydrogen) atoms. The van der Waals surface area contributed by atoms with Gasteiger partial charge in [-0.3, -0.25) is 9.69 Å². The van der Waals surface area contributed by atoms with E-state index in [-0.39, 0.29) is 5.91 Å². The van der Waals surface area contributed by atoms with E-state index in [1.807, 2.05) is 38.1 Å². The number of H-pyrrole nitrogens is 1. The normalized spacial score (nSPS) is 15.1. The molecular formula is C22H29Cl2N5O. The van der Waals surface area contributed by atoms with Gasteiger partial charge in [0.25, 0.3) is 5.91 Å². The minimum absolute atomic E-state index is 0.0809. The van der Waals surface area contributed by atoms with E-state index < -0.39 is 0 Å². The number of amides is 1. The smallest absolute Gasteiger partial charge is 0.267 e. The van der Waals surface area contributed by atoms with Crippen molar-refractivity contribution in [3.8, 4) is 0 Å². The Morgan fingerprint density at radius 3 is 2.73 bits per heavy atom. The van der Waals surface area contributed by atoms with Crippen LogP contribution in [-0.2, 0) is 0 Å². The van der Waals surface area contributed by atoms with Crippen LogP contribution in [0.1, 0.15) is 35.8 Å². The first kappa shape index (κ1) is 22.7. The van der Waals surface area contributed by atoms with E-state index in [0.717, 1.165) is 62.6 Å². The van der Waals surface area contributed by atoms with Crippen molar-refractivity contribution in [3.63, 3.8) is 0 Å². The number of carbonyl (C=O) groups is 1. The quantitative estimate of drug-likeness (QED) is 0.453. The molecule has 0 bridgehead atoms. The second-order valence-corrected chi connectivity index (χ2v) is 8.25. The number of aromatic nitrogens is 1. The van der Waals surface area contributed by atoms with E-state index in [9.17, 15) is 4.79 Å². The standard InChI is InChI=1S/C22H29Cl2N5O/c1-3-25-21-16(2)15-18(27-21)22(30)26-9-4-5-10-28-11-13-29(14-12-28)19-8-6-7-17(23)20(19)24/h3,6-8,15,27H,4-5,9-14H2,1-2H3,(H,26,30)/b25-3-. The Hall–Kier alpha value is -2.02. The number of benzene rings is 1. The van der Waals surface area contributed by atoms with E-state index in [1.54, 1.807) is 6.21 Å². The summed E-state index contributed by atoms with van der Waals surface area (Å²) in [7, 11) is 0. The lowest BCUT2D eigenvalue weighted by molar-refractivity contribution is 0.0948. The van der Waals surface area contributed by atoms with Crippen LogP contribution < -0.4 is 10.2 Å². The maximum absolute atomic E-state index is 12.3. The number of halogens is 2. The number of aryl methyl sites for hydroxylation is 1. The van der Waals surface area contributed by atoms with Gasteiger partial charge in [0.1, 0.15) is 11.5 Å². The number of hydrogen-bond acceptors (Lipinski definition) is 4. The predicted octanol–water partition coefficient (Wildman–Crippen LogP) is 4.68. The van der Waals surface area contributed by atoms with Crippen molar-refractivity contribution in [2.24, 2.45) is 4.99 Å². The summed E-state index contributed by atoms with van der Waals surface area (Å²) < 4.78 is 0. The third kappa shape index (κ3) is 5.78. The monoisotopic (exact) mass is 449 g/mol. The predicted molar refractivity (Wildman–Crippen MR) is 126 cm³/mol. The molecule has 162 valence electrons. The molecule has 2 aromatic rings. The molecule has 0 aliphatic carbocycles. The summed E-state index contributed by atoms with van der Waals surface area (Å²) in [6, 6.07) is 7.62.